The second kappa shape index (κ2) is 5.59. The van der Waals surface area contributed by atoms with Gasteiger partial charge in [0.15, 0.2) is 0 Å². The molecule has 104 valence electrons. The van der Waals surface area contributed by atoms with Gasteiger partial charge in [0.2, 0.25) is 0 Å². The lowest BCUT2D eigenvalue weighted by Gasteiger charge is -2.19. The summed E-state index contributed by atoms with van der Waals surface area (Å²) < 4.78 is 13.8. The molecule has 0 aliphatic heterocycles. The van der Waals surface area contributed by atoms with Crippen LogP contribution in [-0.2, 0) is 6.54 Å². The van der Waals surface area contributed by atoms with Gasteiger partial charge in [-0.05, 0) is 37.1 Å². The third-order valence-corrected chi connectivity index (χ3v) is 3.50. The molecule has 1 heterocycles. The van der Waals surface area contributed by atoms with Gasteiger partial charge >= 0.3 is 0 Å². The molecule has 0 radical (unpaired) electrons. The molecule has 1 N–H and O–H groups in total. The molecule has 1 fully saturated rings. The van der Waals surface area contributed by atoms with Crippen molar-refractivity contribution in [1.82, 2.24) is 10.3 Å². The van der Waals surface area contributed by atoms with Gasteiger partial charge in [-0.2, -0.15) is 0 Å². The monoisotopic (exact) mass is 271 g/mol. The Morgan fingerprint density at radius 1 is 1.20 bits per heavy atom. The third-order valence-electron chi connectivity index (χ3n) is 3.50. The summed E-state index contributed by atoms with van der Waals surface area (Å²) in [6.45, 7) is 0.767. The normalized spacial score (nSPS) is 14.3. The molecule has 0 saturated heterocycles. The molecule has 0 unspecified atom stereocenters. The van der Waals surface area contributed by atoms with E-state index in [0.29, 0.717) is 11.7 Å². The van der Waals surface area contributed by atoms with Crippen LogP contribution in [0.1, 0.15) is 18.5 Å². The Balaban J connectivity index is 1.78. The van der Waals surface area contributed by atoms with Gasteiger partial charge in [-0.15, -0.1) is 0 Å². The Labute approximate surface area is 118 Å². The van der Waals surface area contributed by atoms with E-state index in [1.807, 2.05) is 31.3 Å². The number of rotatable bonds is 5. The summed E-state index contributed by atoms with van der Waals surface area (Å²) in [5.74, 6) is 0.517. The second-order valence-electron chi connectivity index (χ2n) is 5.15. The van der Waals surface area contributed by atoms with Crippen molar-refractivity contribution in [3.05, 3.63) is 54.0 Å². The fraction of sp³-hybridized carbons (Fsp3) is 0.312. The molecule has 0 bridgehead atoms. The van der Waals surface area contributed by atoms with E-state index in [4.69, 9.17) is 0 Å². The molecular weight excluding hydrogens is 253 g/mol. The van der Waals surface area contributed by atoms with Crippen molar-refractivity contribution in [3.63, 3.8) is 0 Å². The number of hydrogen-bond donors (Lipinski definition) is 1. The summed E-state index contributed by atoms with van der Waals surface area (Å²) in [7, 11) is 1.83. The van der Waals surface area contributed by atoms with Crippen LogP contribution < -0.4 is 10.2 Å². The molecule has 3 rings (SSSR count). The molecular formula is C16H18FN3. The van der Waals surface area contributed by atoms with Crippen molar-refractivity contribution in [2.75, 3.05) is 11.9 Å². The quantitative estimate of drug-likeness (QED) is 0.905. The van der Waals surface area contributed by atoms with Gasteiger partial charge in [0.1, 0.15) is 11.6 Å². The Morgan fingerprint density at radius 3 is 2.75 bits per heavy atom. The standard InChI is InChI=1S/C16H18FN3/c1-20(15-7-3-2-6-14(15)17)16-8-4-5-13(19-16)11-18-12-9-10-12/h2-8,12,18H,9-11H2,1H3. The van der Waals surface area contributed by atoms with E-state index in [0.717, 1.165) is 18.1 Å². The van der Waals surface area contributed by atoms with Gasteiger partial charge in [0, 0.05) is 19.6 Å². The highest BCUT2D eigenvalue weighted by molar-refractivity contribution is 5.59. The number of benzene rings is 1. The van der Waals surface area contributed by atoms with Gasteiger partial charge in [0.05, 0.1) is 11.4 Å². The SMILES string of the molecule is CN(c1cccc(CNC2CC2)n1)c1ccccc1F. The lowest BCUT2D eigenvalue weighted by atomic mass is 10.2. The first kappa shape index (κ1) is 13.1. The van der Waals surface area contributed by atoms with E-state index in [1.54, 1.807) is 17.0 Å². The first-order chi connectivity index (χ1) is 9.74. The summed E-state index contributed by atoms with van der Waals surface area (Å²) in [5, 5.41) is 3.44. The van der Waals surface area contributed by atoms with E-state index in [1.165, 1.54) is 18.9 Å². The van der Waals surface area contributed by atoms with Crippen molar-refractivity contribution < 1.29 is 4.39 Å². The van der Waals surface area contributed by atoms with Crippen LogP contribution in [0.15, 0.2) is 42.5 Å². The van der Waals surface area contributed by atoms with E-state index in [2.05, 4.69) is 10.3 Å². The topological polar surface area (TPSA) is 28.2 Å². The lowest BCUT2D eigenvalue weighted by molar-refractivity contribution is 0.627. The molecule has 1 saturated carbocycles. The number of nitrogens with zero attached hydrogens (tertiary/aromatic N) is 2. The van der Waals surface area contributed by atoms with Crippen LogP contribution >= 0.6 is 0 Å². The molecule has 0 amide bonds. The molecule has 1 aromatic heterocycles. The van der Waals surface area contributed by atoms with Gasteiger partial charge in [0.25, 0.3) is 0 Å². The predicted molar refractivity (Wildman–Crippen MR) is 78.6 cm³/mol. The smallest absolute Gasteiger partial charge is 0.146 e. The van der Waals surface area contributed by atoms with Crippen molar-refractivity contribution in [1.29, 1.82) is 0 Å². The largest absolute Gasteiger partial charge is 0.327 e. The fourth-order valence-corrected chi connectivity index (χ4v) is 2.14. The minimum absolute atomic E-state index is 0.238. The van der Waals surface area contributed by atoms with Gasteiger partial charge in [-0.25, -0.2) is 9.37 Å². The van der Waals surface area contributed by atoms with Crippen LogP contribution in [0, 0.1) is 5.82 Å². The Bertz CT molecular complexity index is 596. The van der Waals surface area contributed by atoms with E-state index in [9.17, 15) is 4.39 Å². The Kier molecular flexibility index (Phi) is 3.65. The maximum atomic E-state index is 13.8. The molecule has 3 nitrogen and oxygen atoms in total. The highest BCUT2D eigenvalue weighted by atomic mass is 19.1. The van der Waals surface area contributed by atoms with Crippen molar-refractivity contribution in [2.24, 2.45) is 0 Å². The fourth-order valence-electron chi connectivity index (χ4n) is 2.14. The summed E-state index contributed by atoms with van der Waals surface area (Å²) in [4.78, 5) is 6.36. The number of anilines is 2. The molecule has 1 aliphatic carbocycles. The number of para-hydroxylation sites is 1. The predicted octanol–water partition coefficient (Wildman–Crippen LogP) is 3.24. The summed E-state index contributed by atoms with van der Waals surface area (Å²) in [5.41, 5.74) is 1.52. The maximum absolute atomic E-state index is 13.8. The number of aromatic nitrogens is 1. The van der Waals surface area contributed by atoms with Crippen LogP contribution in [0.25, 0.3) is 0 Å². The maximum Gasteiger partial charge on any atom is 0.146 e. The first-order valence-corrected chi connectivity index (χ1v) is 6.91. The number of pyridine rings is 1. The van der Waals surface area contributed by atoms with E-state index in [-0.39, 0.29) is 5.82 Å². The zero-order valence-electron chi connectivity index (χ0n) is 11.5. The van der Waals surface area contributed by atoms with Crippen LogP contribution in [0.5, 0.6) is 0 Å². The zero-order valence-corrected chi connectivity index (χ0v) is 11.5. The van der Waals surface area contributed by atoms with Gasteiger partial charge in [-0.1, -0.05) is 18.2 Å². The van der Waals surface area contributed by atoms with E-state index >= 15 is 0 Å². The van der Waals surface area contributed by atoms with Crippen LogP contribution in [-0.4, -0.2) is 18.1 Å². The Hall–Kier alpha value is -1.94. The molecule has 1 aromatic carbocycles. The van der Waals surface area contributed by atoms with Gasteiger partial charge in [-0.3, -0.25) is 0 Å². The third kappa shape index (κ3) is 2.96. The van der Waals surface area contributed by atoms with Crippen molar-refractivity contribution in [2.45, 2.75) is 25.4 Å². The number of nitrogens with one attached hydrogen (secondary N) is 1. The summed E-state index contributed by atoms with van der Waals surface area (Å²) in [6, 6.07) is 13.2. The summed E-state index contributed by atoms with van der Waals surface area (Å²) in [6.07, 6.45) is 2.52. The van der Waals surface area contributed by atoms with Crippen molar-refractivity contribution in [3.8, 4) is 0 Å². The lowest BCUT2D eigenvalue weighted by Crippen LogP contribution is -2.18. The molecule has 20 heavy (non-hydrogen) atoms. The zero-order chi connectivity index (χ0) is 13.9. The average molecular weight is 271 g/mol. The van der Waals surface area contributed by atoms with Gasteiger partial charge < -0.3 is 10.2 Å². The highest BCUT2D eigenvalue weighted by Gasteiger charge is 2.20. The van der Waals surface area contributed by atoms with E-state index < -0.39 is 0 Å². The van der Waals surface area contributed by atoms with Crippen LogP contribution in [0.3, 0.4) is 0 Å². The molecule has 0 spiro atoms. The van der Waals surface area contributed by atoms with Crippen LogP contribution in [0.2, 0.25) is 0 Å². The first-order valence-electron chi connectivity index (χ1n) is 6.91. The second-order valence-corrected chi connectivity index (χ2v) is 5.15. The molecule has 2 aromatic rings. The van der Waals surface area contributed by atoms with Crippen LogP contribution in [0.4, 0.5) is 15.9 Å². The Morgan fingerprint density at radius 2 is 2.00 bits per heavy atom. The average Bonchev–Trinajstić information content (AvgIpc) is 3.29. The minimum atomic E-state index is -0.238. The number of hydrogen-bond acceptors (Lipinski definition) is 3. The van der Waals surface area contributed by atoms with Crippen molar-refractivity contribution >= 4 is 11.5 Å². The summed E-state index contributed by atoms with van der Waals surface area (Å²) >= 11 is 0. The molecule has 1 aliphatic rings. The molecule has 0 atom stereocenters. The number of halogens is 1. The molecule has 4 heteroatoms. The minimum Gasteiger partial charge on any atom is -0.327 e. The highest BCUT2D eigenvalue weighted by Crippen LogP contribution is 2.24.